The number of carbonyl (C=O) groups excluding carboxylic acids is 1. The van der Waals surface area contributed by atoms with Crippen molar-refractivity contribution >= 4 is 5.78 Å². The minimum absolute atomic E-state index is 0.0266. The van der Waals surface area contributed by atoms with E-state index in [0.717, 1.165) is 5.56 Å². The Balaban J connectivity index is 1.86. The molecule has 1 unspecified atom stereocenters. The van der Waals surface area contributed by atoms with Gasteiger partial charge in [-0.2, -0.15) is 0 Å². The van der Waals surface area contributed by atoms with Crippen LogP contribution in [0.1, 0.15) is 15.9 Å². The van der Waals surface area contributed by atoms with E-state index in [1.165, 1.54) is 24.3 Å². The van der Waals surface area contributed by atoms with E-state index in [-0.39, 0.29) is 28.6 Å². The van der Waals surface area contributed by atoms with Crippen molar-refractivity contribution in [1.82, 2.24) is 0 Å². The molecule has 5 nitrogen and oxygen atoms in total. The maximum atomic E-state index is 12.2. The number of fused-ring (bicyclic) bond motifs is 1. The fourth-order valence-corrected chi connectivity index (χ4v) is 2.22. The molecule has 102 valence electrons. The molecule has 0 bridgehead atoms. The summed E-state index contributed by atoms with van der Waals surface area (Å²) in [6, 6.07) is 9.16. The van der Waals surface area contributed by atoms with Crippen molar-refractivity contribution in [3.63, 3.8) is 0 Å². The molecule has 5 heteroatoms. The Labute approximate surface area is 114 Å². The second-order valence-electron chi connectivity index (χ2n) is 4.65. The lowest BCUT2D eigenvalue weighted by Crippen LogP contribution is -2.23. The molecular weight excluding hydrogens is 260 g/mol. The molecule has 2 aromatic rings. The third-order valence-electron chi connectivity index (χ3n) is 3.29. The summed E-state index contributed by atoms with van der Waals surface area (Å²) in [5.74, 6) is -0.786. The number of rotatable bonds is 2. The molecule has 1 atom stereocenters. The number of ether oxygens (including phenoxy) is 1. The van der Waals surface area contributed by atoms with Crippen LogP contribution in [-0.2, 0) is 6.42 Å². The van der Waals surface area contributed by atoms with Gasteiger partial charge in [0.25, 0.3) is 0 Å². The third-order valence-corrected chi connectivity index (χ3v) is 3.29. The van der Waals surface area contributed by atoms with Crippen LogP contribution in [0.15, 0.2) is 36.4 Å². The Bertz CT molecular complexity index is 675. The van der Waals surface area contributed by atoms with E-state index in [1.54, 1.807) is 12.1 Å². The van der Waals surface area contributed by atoms with Gasteiger partial charge >= 0.3 is 0 Å². The molecule has 3 N–H and O–H groups in total. The normalized spacial score (nSPS) is 16.8. The monoisotopic (exact) mass is 272 g/mol. The van der Waals surface area contributed by atoms with Crippen molar-refractivity contribution in [2.45, 2.75) is 12.5 Å². The highest BCUT2D eigenvalue weighted by atomic mass is 16.5. The first-order valence-electron chi connectivity index (χ1n) is 6.10. The van der Waals surface area contributed by atoms with Crippen LogP contribution in [0, 0.1) is 0 Å². The minimum atomic E-state index is -0.734. The molecule has 1 aliphatic rings. The zero-order valence-corrected chi connectivity index (χ0v) is 10.4. The van der Waals surface area contributed by atoms with Gasteiger partial charge in [-0.1, -0.05) is 12.1 Å². The number of benzene rings is 2. The highest BCUT2D eigenvalue weighted by Gasteiger charge is 2.35. The fourth-order valence-electron chi connectivity index (χ4n) is 2.22. The molecule has 0 amide bonds. The number of carbonyl (C=O) groups is 1. The first-order valence-corrected chi connectivity index (χ1v) is 6.10. The van der Waals surface area contributed by atoms with Gasteiger partial charge in [0.2, 0.25) is 11.5 Å². The fraction of sp³-hybridized carbons (Fsp3) is 0.133. The Morgan fingerprint density at radius 1 is 1.00 bits per heavy atom. The van der Waals surface area contributed by atoms with E-state index < -0.39 is 11.9 Å². The van der Waals surface area contributed by atoms with Gasteiger partial charge in [0.1, 0.15) is 5.75 Å². The van der Waals surface area contributed by atoms with Crippen LogP contribution in [-0.4, -0.2) is 27.2 Å². The zero-order chi connectivity index (χ0) is 14.3. The first-order chi connectivity index (χ1) is 9.56. The van der Waals surface area contributed by atoms with Crippen LogP contribution >= 0.6 is 0 Å². The summed E-state index contributed by atoms with van der Waals surface area (Å²) in [5, 5.41) is 28.3. The molecule has 20 heavy (non-hydrogen) atoms. The molecule has 1 aliphatic heterocycles. The number of ketones is 1. The second kappa shape index (κ2) is 4.45. The Kier molecular flexibility index (Phi) is 2.75. The molecular formula is C15H12O5. The number of phenolic OH excluding ortho intramolecular Hbond substituents is 3. The molecule has 0 radical (unpaired) electrons. The van der Waals surface area contributed by atoms with Crippen molar-refractivity contribution in [3.8, 4) is 23.0 Å². The topological polar surface area (TPSA) is 87.0 Å². The van der Waals surface area contributed by atoms with Gasteiger partial charge in [-0.25, -0.2) is 0 Å². The summed E-state index contributed by atoms with van der Waals surface area (Å²) in [7, 11) is 0. The zero-order valence-electron chi connectivity index (χ0n) is 10.4. The van der Waals surface area contributed by atoms with E-state index in [1.807, 2.05) is 0 Å². The maximum absolute atomic E-state index is 12.2. The number of aromatic hydroxyl groups is 3. The average Bonchev–Trinajstić information content (AvgIpc) is 2.75. The lowest BCUT2D eigenvalue weighted by Gasteiger charge is -2.10. The van der Waals surface area contributed by atoms with Crippen LogP contribution in [0.3, 0.4) is 0 Å². The van der Waals surface area contributed by atoms with E-state index in [4.69, 9.17) is 4.74 Å². The SMILES string of the molecule is O=C1c2ccc(O)c(O)c2OC1Cc1ccc(O)cc1. The Morgan fingerprint density at radius 2 is 1.70 bits per heavy atom. The highest BCUT2D eigenvalue weighted by molar-refractivity contribution is 6.05. The molecule has 0 aromatic heterocycles. The Morgan fingerprint density at radius 3 is 2.40 bits per heavy atom. The number of Topliss-reactive ketones (excluding diaryl/α,β-unsaturated/α-hetero) is 1. The van der Waals surface area contributed by atoms with Gasteiger partial charge in [0, 0.05) is 6.42 Å². The highest BCUT2D eigenvalue weighted by Crippen LogP contribution is 2.43. The third kappa shape index (κ3) is 1.93. The van der Waals surface area contributed by atoms with Crippen molar-refractivity contribution in [3.05, 3.63) is 47.5 Å². The van der Waals surface area contributed by atoms with Gasteiger partial charge in [-0.05, 0) is 29.8 Å². The maximum Gasteiger partial charge on any atom is 0.207 e. The van der Waals surface area contributed by atoms with Crippen LogP contribution in [0.5, 0.6) is 23.0 Å². The van der Waals surface area contributed by atoms with Crippen molar-refractivity contribution < 1.29 is 24.9 Å². The van der Waals surface area contributed by atoms with E-state index in [2.05, 4.69) is 0 Å². The largest absolute Gasteiger partial charge is 0.508 e. The summed E-state index contributed by atoms with van der Waals surface area (Å²) in [5.41, 5.74) is 1.10. The van der Waals surface area contributed by atoms with Gasteiger partial charge < -0.3 is 20.1 Å². The van der Waals surface area contributed by atoms with Crippen LogP contribution in [0.25, 0.3) is 0 Å². The van der Waals surface area contributed by atoms with Gasteiger partial charge in [0.15, 0.2) is 17.6 Å². The number of hydrogen-bond acceptors (Lipinski definition) is 5. The lowest BCUT2D eigenvalue weighted by atomic mass is 10.0. The Hall–Kier alpha value is -2.69. The van der Waals surface area contributed by atoms with Gasteiger partial charge in [-0.15, -0.1) is 0 Å². The van der Waals surface area contributed by atoms with Crippen molar-refractivity contribution in [1.29, 1.82) is 0 Å². The quantitative estimate of drug-likeness (QED) is 0.728. The molecule has 1 heterocycles. The van der Waals surface area contributed by atoms with Crippen LogP contribution in [0.2, 0.25) is 0 Å². The summed E-state index contributed by atoms with van der Waals surface area (Å²) >= 11 is 0. The number of hydrogen-bond donors (Lipinski definition) is 3. The average molecular weight is 272 g/mol. The summed E-state index contributed by atoms with van der Waals surface area (Å²) in [6.07, 6.45) is -0.407. The lowest BCUT2D eigenvalue weighted by molar-refractivity contribution is 0.0856. The van der Waals surface area contributed by atoms with Crippen LogP contribution in [0.4, 0.5) is 0 Å². The number of phenols is 3. The van der Waals surface area contributed by atoms with Crippen molar-refractivity contribution in [2.75, 3.05) is 0 Å². The smallest absolute Gasteiger partial charge is 0.207 e. The first kappa shape index (κ1) is 12.3. The molecule has 0 fully saturated rings. The van der Waals surface area contributed by atoms with Crippen LogP contribution < -0.4 is 4.74 Å². The summed E-state index contributed by atoms with van der Waals surface area (Å²) in [6.45, 7) is 0. The molecule has 0 saturated carbocycles. The standard InChI is InChI=1S/C15H12O5/c16-9-3-1-8(2-4-9)7-12-13(18)10-5-6-11(17)14(19)15(10)20-12/h1-6,12,16-17,19H,7H2. The van der Waals surface area contributed by atoms with E-state index in [9.17, 15) is 20.1 Å². The summed E-state index contributed by atoms with van der Waals surface area (Å²) < 4.78 is 5.44. The van der Waals surface area contributed by atoms with E-state index >= 15 is 0 Å². The van der Waals surface area contributed by atoms with Gasteiger partial charge in [-0.3, -0.25) is 4.79 Å². The molecule has 0 aliphatic carbocycles. The molecule has 3 rings (SSSR count). The molecule has 2 aromatic carbocycles. The molecule has 0 saturated heterocycles. The summed E-state index contributed by atoms with van der Waals surface area (Å²) in [4.78, 5) is 12.2. The predicted octanol–water partition coefficient (Wildman–Crippen LogP) is 1.99. The van der Waals surface area contributed by atoms with Gasteiger partial charge in [0.05, 0.1) is 5.56 Å². The second-order valence-corrected chi connectivity index (χ2v) is 4.65. The molecule has 0 spiro atoms. The predicted molar refractivity (Wildman–Crippen MR) is 70.3 cm³/mol. The minimum Gasteiger partial charge on any atom is -0.508 e. The van der Waals surface area contributed by atoms with E-state index in [0.29, 0.717) is 6.42 Å². The van der Waals surface area contributed by atoms with Crippen molar-refractivity contribution in [2.24, 2.45) is 0 Å².